The molecule has 0 radical (unpaired) electrons. The van der Waals surface area contributed by atoms with E-state index in [0.717, 1.165) is 15.9 Å². The molecule has 0 heterocycles. The molecule has 4 nitrogen and oxygen atoms in total. The van der Waals surface area contributed by atoms with Crippen LogP contribution < -0.4 is 15.4 Å². The van der Waals surface area contributed by atoms with E-state index in [9.17, 15) is 4.79 Å². The number of anilines is 2. The molecule has 0 aliphatic heterocycles. The number of rotatable bonds is 5. The fourth-order valence-corrected chi connectivity index (χ4v) is 2.27. The van der Waals surface area contributed by atoms with Crippen LogP contribution in [0.25, 0.3) is 0 Å². The smallest absolute Gasteiger partial charge is 0.243 e. The standard InChI is InChI=1S/C15H14BrClN2O2/c1-21-11-7-5-10(6-8-11)19-14(20)9-18-13-4-2-3-12(17)15(13)16/h2-8,18H,9H2,1H3,(H,19,20). The van der Waals surface area contributed by atoms with Crippen LogP contribution in [0.2, 0.25) is 5.02 Å². The first-order chi connectivity index (χ1) is 10.1. The molecular formula is C15H14BrClN2O2. The molecule has 6 heteroatoms. The summed E-state index contributed by atoms with van der Waals surface area (Å²) in [5.74, 6) is 0.598. The van der Waals surface area contributed by atoms with Crippen molar-refractivity contribution in [2.45, 2.75) is 0 Å². The molecule has 0 aliphatic rings. The molecule has 0 atom stereocenters. The van der Waals surface area contributed by atoms with E-state index >= 15 is 0 Å². The third-order valence-corrected chi connectivity index (χ3v) is 4.16. The fourth-order valence-electron chi connectivity index (χ4n) is 1.70. The van der Waals surface area contributed by atoms with Crippen molar-refractivity contribution in [2.24, 2.45) is 0 Å². The van der Waals surface area contributed by atoms with Gasteiger partial charge in [0.25, 0.3) is 0 Å². The Kier molecular flexibility index (Phi) is 5.47. The summed E-state index contributed by atoms with van der Waals surface area (Å²) in [5, 5.41) is 6.41. The Morgan fingerprint density at radius 1 is 1.24 bits per heavy atom. The average molecular weight is 370 g/mol. The van der Waals surface area contributed by atoms with Gasteiger partial charge in [0.2, 0.25) is 5.91 Å². The van der Waals surface area contributed by atoms with E-state index in [-0.39, 0.29) is 12.5 Å². The lowest BCUT2D eigenvalue weighted by Crippen LogP contribution is -2.21. The largest absolute Gasteiger partial charge is 0.497 e. The van der Waals surface area contributed by atoms with E-state index in [4.69, 9.17) is 16.3 Å². The summed E-state index contributed by atoms with van der Waals surface area (Å²) in [6.45, 7) is 0.144. The Morgan fingerprint density at radius 2 is 1.95 bits per heavy atom. The normalized spacial score (nSPS) is 10.0. The lowest BCUT2D eigenvalue weighted by molar-refractivity contribution is -0.114. The first-order valence-electron chi connectivity index (χ1n) is 6.22. The van der Waals surface area contributed by atoms with Crippen LogP contribution in [0.1, 0.15) is 0 Å². The van der Waals surface area contributed by atoms with Crippen molar-refractivity contribution in [2.75, 3.05) is 24.3 Å². The van der Waals surface area contributed by atoms with Crippen molar-refractivity contribution in [3.05, 3.63) is 52.0 Å². The number of carbonyl (C=O) groups excluding carboxylic acids is 1. The number of nitrogens with one attached hydrogen (secondary N) is 2. The number of benzene rings is 2. The van der Waals surface area contributed by atoms with Gasteiger partial charge in [-0.1, -0.05) is 17.7 Å². The SMILES string of the molecule is COc1ccc(NC(=O)CNc2cccc(Cl)c2Br)cc1. The third-order valence-electron chi connectivity index (χ3n) is 2.76. The maximum absolute atomic E-state index is 11.9. The Bertz CT molecular complexity index is 632. The lowest BCUT2D eigenvalue weighted by atomic mass is 10.3. The van der Waals surface area contributed by atoms with Gasteiger partial charge in [0.15, 0.2) is 0 Å². The van der Waals surface area contributed by atoms with Crippen molar-refractivity contribution < 1.29 is 9.53 Å². The number of carbonyl (C=O) groups is 1. The fraction of sp³-hybridized carbons (Fsp3) is 0.133. The summed E-state index contributed by atoms with van der Waals surface area (Å²) in [7, 11) is 1.60. The second-order valence-corrected chi connectivity index (χ2v) is 5.43. The predicted molar refractivity (Wildman–Crippen MR) is 89.3 cm³/mol. The van der Waals surface area contributed by atoms with Crippen LogP contribution in [0, 0.1) is 0 Å². The van der Waals surface area contributed by atoms with Crippen molar-refractivity contribution >= 4 is 44.8 Å². The highest BCUT2D eigenvalue weighted by Crippen LogP contribution is 2.29. The highest BCUT2D eigenvalue weighted by atomic mass is 79.9. The Balaban J connectivity index is 1.91. The molecule has 0 saturated carbocycles. The molecule has 0 bridgehead atoms. The molecule has 0 aromatic heterocycles. The van der Waals surface area contributed by atoms with E-state index < -0.39 is 0 Å². The summed E-state index contributed by atoms with van der Waals surface area (Å²) in [6.07, 6.45) is 0. The molecule has 110 valence electrons. The van der Waals surface area contributed by atoms with Gasteiger partial charge >= 0.3 is 0 Å². The molecule has 0 unspecified atom stereocenters. The zero-order valence-electron chi connectivity index (χ0n) is 11.3. The molecule has 0 fully saturated rings. The van der Waals surface area contributed by atoms with Gasteiger partial charge in [-0.05, 0) is 52.3 Å². The minimum Gasteiger partial charge on any atom is -0.497 e. The van der Waals surface area contributed by atoms with Gasteiger partial charge in [-0.2, -0.15) is 0 Å². The maximum Gasteiger partial charge on any atom is 0.243 e. The first kappa shape index (κ1) is 15.7. The monoisotopic (exact) mass is 368 g/mol. The Labute approximate surface area is 136 Å². The van der Waals surface area contributed by atoms with Crippen LogP contribution in [0.5, 0.6) is 5.75 Å². The molecule has 21 heavy (non-hydrogen) atoms. The van der Waals surface area contributed by atoms with Gasteiger partial charge in [-0.25, -0.2) is 0 Å². The van der Waals surface area contributed by atoms with Crippen LogP contribution in [0.4, 0.5) is 11.4 Å². The Hall–Kier alpha value is -1.72. The quantitative estimate of drug-likeness (QED) is 0.832. The second kappa shape index (κ2) is 7.33. The molecule has 2 N–H and O–H groups in total. The number of hydrogen-bond donors (Lipinski definition) is 2. The van der Waals surface area contributed by atoms with E-state index in [1.807, 2.05) is 12.1 Å². The number of hydrogen-bond acceptors (Lipinski definition) is 3. The molecule has 2 aromatic carbocycles. The number of methoxy groups -OCH3 is 1. The third kappa shape index (κ3) is 4.37. The van der Waals surface area contributed by atoms with Gasteiger partial charge in [-0.3, -0.25) is 4.79 Å². The highest BCUT2D eigenvalue weighted by molar-refractivity contribution is 9.10. The van der Waals surface area contributed by atoms with Crippen molar-refractivity contribution in [1.29, 1.82) is 0 Å². The number of ether oxygens (including phenoxy) is 1. The summed E-state index contributed by atoms with van der Waals surface area (Å²) < 4.78 is 5.80. The number of halogens is 2. The molecular weight excluding hydrogens is 356 g/mol. The van der Waals surface area contributed by atoms with Crippen LogP contribution >= 0.6 is 27.5 Å². The summed E-state index contributed by atoms with van der Waals surface area (Å²) in [5.41, 5.74) is 1.49. The van der Waals surface area contributed by atoms with E-state index in [0.29, 0.717) is 10.7 Å². The van der Waals surface area contributed by atoms with Crippen molar-refractivity contribution in [3.63, 3.8) is 0 Å². The van der Waals surface area contributed by atoms with Gasteiger partial charge in [0, 0.05) is 5.69 Å². The average Bonchev–Trinajstić information content (AvgIpc) is 2.49. The molecule has 0 saturated heterocycles. The maximum atomic E-state index is 11.9. The van der Waals surface area contributed by atoms with Crippen LogP contribution in [0.15, 0.2) is 46.9 Å². The molecule has 2 rings (SSSR count). The topological polar surface area (TPSA) is 50.4 Å². The summed E-state index contributed by atoms with van der Waals surface area (Å²) in [4.78, 5) is 11.9. The van der Waals surface area contributed by atoms with Crippen LogP contribution in [-0.4, -0.2) is 19.6 Å². The molecule has 1 amide bonds. The highest BCUT2D eigenvalue weighted by Gasteiger charge is 2.06. The minimum absolute atomic E-state index is 0.144. The Morgan fingerprint density at radius 3 is 2.62 bits per heavy atom. The van der Waals surface area contributed by atoms with Gasteiger partial charge in [-0.15, -0.1) is 0 Å². The summed E-state index contributed by atoms with van der Waals surface area (Å²) in [6, 6.07) is 12.6. The summed E-state index contributed by atoms with van der Waals surface area (Å²) >= 11 is 9.36. The lowest BCUT2D eigenvalue weighted by Gasteiger charge is -2.10. The minimum atomic E-state index is -0.146. The molecule has 0 aliphatic carbocycles. The zero-order valence-corrected chi connectivity index (χ0v) is 13.7. The first-order valence-corrected chi connectivity index (χ1v) is 7.39. The van der Waals surface area contributed by atoms with E-state index in [1.54, 1.807) is 37.4 Å². The van der Waals surface area contributed by atoms with Gasteiger partial charge < -0.3 is 15.4 Å². The van der Waals surface area contributed by atoms with Crippen molar-refractivity contribution in [1.82, 2.24) is 0 Å². The molecule has 0 spiro atoms. The predicted octanol–water partition coefficient (Wildman–Crippen LogP) is 4.16. The molecule has 2 aromatic rings. The van der Waals surface area contributed by atoms with Crippen LogP contribution in [-0.2, 0) is 4.79 Å². The van der Waals surface area contributed by atoms with Crippen LogP contribution in [0.3, 0.4) is 0 Å². The van der Waals surface area contributed by atoms with E-state index in [1.165, 1.54) is 0 Å². The van der Waals surface area contributed by atoms with Crippen molar-refractivity contribution in [3.8, 4) is 5.75 Å². The second-order valence-electron chi connectivity index (χ2n) is 4.23. The van der Waals surface area contributed by atoms with Gasteiger partial charge in [0.05, 0.1) is 28.8 Å². The van der Waals surface area contributed by atoms with E-state index in [2.05, 4.69) is 26.6 Å². The van der Waals surface area contributed by atoms with Gasteiger partial charge in [0.1, 0.15) is 5.75 Å². The number of amides is 1. The zero-order chi connectivity index (χ0) is 15.2.